The van der Waals surface area contributed by atoms with Crippen LogP contribution in [0.3, 0.4) is 0 Å². The molecule has 0 bridgehead atoms. The van der Waals surface area contributed by atoms with E-state index in [9.17, 15) is 0 Å². The van der Waals surface area contributed by atoms with Gasteiger partial charge < -0.3 is 15.4 Å². The fourth-order valence-corrected chi connectivity index (χ4v) is 3.51. The third kappa shape index (κ3) is 3.57. The predicted octanol–water partition coefficient (Wildman–Crippen LogP) is 3.59. The van der Waals surface area contributed by atoms with Gasteiger partial charge in [-0.2, -0.15) is 5.10 Å². The summed E-state index contributed by atoms with van der Waals surface area (Å²) in [7, 11) is 2.16. The van der Waals surface area contributed by atoms with E-state index in [0.29, 0.717) is 11.6 Å². The number of aryl methyl sites for hydroxylation is 1. The smallest absolute Gasteiger partial charge is 0.263 e. The van der Waals surface area contributed by atoms with Crippen molar-refractivity contribution in [1.29, 1.82) is 0 Å². The number of benzene rings is 1. The fourth-order valence-electron chi connectivity index (χ4n) is 3.51. The van der Waals surface area contributed by atoms with Gasteiger partial charge in [-0.15, -0.1) is 0 Å². The Morgan fingerprint density at radius 1 is 1.21 bits per heavy atom. The van der Waals surface area contributed by atoms with Gasteiger partial charge in [-0.1, -0.05) is 0 Å². The molecular weight excluding hydrogens is 352 g/mol. The number of nitrogens with two attached hydrogens (primary N) is 1. The highest BCUT2D eigenvalue weighted by atomic mass is 16.5. The topological polar surface area (TPSA) is 82.1 Å². The van der Waals surface area contributed by atoms with E-state index < -0.39 is 0 Å². The van der Waals surface area contributed by atoms with E-state index in [1.54, 1.807) is 12.4 Å². The molecule has 0 radical (unpaired) electrons. The summed E-state index contributed by atoms with van der Waals surface area (Å²) < 4.78 is 7.70. The van der Waals surface area contributed by atoms with E-state index in [1.807, 2.05) is 10.9 Å². The van der Waals surface area contributed by atoms with Crippen LogP contribution in [0.25, 0.3) is 11.3 Å². The molecule has 2 N–H and O–H groups in total. The van der Waals surface area contributed by atoms with Gasteiger partial charge in [-0.05, 0) is 63.1 Å². The summed E-state index contributed by atoms with van der Waals surface area (Å²) in [6, 6.07) is 4.64. The quantitative estimate of drug-likeness (QED) is 0.747. The van der Waals surface area contributed by atoms with Crippen molar-refractivity contribution in [2.75, 3.05) is 19.3 Å². The molecule has 7 nitrogen and oxygen atoms in total. The predicted molar refractivity (Wildman–Crippen MR) is 109 cm³/mol. The van der Waals surface area contributed by atoms with Gasteiger partial charge in [0.15, 0.2) is 11.6 Å². The minimum Gasteiger partial charge on any atom is -0.433 e. The van der Waals surface area contributed by atoms with E-state index in [2.05, 4.69) is 59.9 Å². The Labute approximate surface area is 165 Å². The van der Waals surface area contributed by atoms with Crippen molar-refractivity contribution >= 4 is 5.82 Å². The number of nitrogen functional groups attached to an aromatic ring is 1. The lowest BCUT2D eigenvalue weighted by Gasteiger charge is -2.27. The van der Waals surface area contributed by atoms with E-state index in [-0.39, 0.29) is 11.9 Å². The van der Waals surface area contributed by atoms with Crippen molar-refractivity contribution in [1.82, 2.24) is 24.6 Å². The molecule has 2 aromatic heterocycles. The number of hydrogen-bond donors (Lipinski definition) is 1. The molecule has 0 spiro atoms. The number of hydrogen-bond acceptors (Lipinski definition) is 6. The van der Waals surface area contributed by atoms with Crippen molar-refractivity contribution in [2.45, 2.75) is 39.8 Å². The second kappa shape index (κ2) is 7.24. The van der Waals surface area contributed by atoms with E-state index in [1.165, 1.54) is 16.7 Å². The second-order valence-electron chi connectivity index (χ2n) is 7.72. The standard InChI is InChI=1S/C21H26N6O/c1-13(2)27-11-17(9-24-27)28-21-20(22)23-10-19(25-21)16-7-14(3)18-12-26(4)6-5-15(18)8-16/h7-11,13H,5-6,12H2,1-4H3,(H2,22,23). The minimum atomic E-state index is 0.254. The van der Waals surface area contributed by atoms with E-state index >= 15 is 0 Å². The summed E-state index contributed by atoms with van der Waals surface area (Å²) in [5, 5.41) is 4.29. The maximum atomic E-state index is 6.01. The van der Waals surface area contributed by atoms with E-state index in [0.717, 1.165) is 30.8 Å². The molecule has 3 heterocycles. The zero-order chi connectivity index (χ0) is 19.8. The lowest BCUT2D eigenvalue weighted by molar-refractivity contribution is 0.312. The van der Waals surface area contributed by atoms with Crippen molar-refractivity contribution in [3.8, 4) is 22.9 Å². The zero-order valence-electron chi connectivity index (χ0n) is 16.8. The Balaban J connectivity index is 1.66. The van der Waals surface area contributed by atoms with Crippen LogP contribution in [0.2, 0.25) is 0 Å². The Morgan fingerprint density at radius 2 is 2.04 bits per heavy atom. The van der Waals surface area contributed by atoms with Gasteiger partial charge in [-0.25, -0.2) is 9.97 Å². The molecular formula is C21H26N6O. The summed E-state index contributed by atoms with van der Waals surface area (Å²) >= 11 is 0. The fraction of sp³-hybridized carbons (Fsp3) is 0.381. The molecule has 0 fully saturated rings. The molecule has 1 aromatic carbocycles. The van der Waals surface area contributed by atoms with Crippen LogP contribution in [0.5, 0.6) is 11.6 Å². The van der Waals surface area contributed by atoms with Crippen molar-refractivity contribution in [3.63, 3.8) is 0 Å². The molecule has 7 heteroatoms. The lowest BCUT2D eigenvalue weighted by atomic mass is 9.92. The first-order valence-electron chi connectivity index (χ1n) is 9.56. The van der Waals surface area contributed by atoms with Gasteiger partial charge in [0.1, 0.15) is 0 Å². The average Bonchev–Trinajstić information content (AvgIpc) is 3.13. The first-order valence-corrected chi connectivity index (χ1v) is 9.56. The van der Waals surface area contributed by atoms with Crippen molar-refractivity contribution < 1.29 is 4.74 Å². The third-order valence-electron chi connectivity index (χ3n) is 5.14. The SMILES string of the molecule is Cc1cc(-c2cnc(N)c(Oc3cnn(C(C)C)c3)n2)cc2c1CN(C)CC2. The largest absolute Gasteiger partial charge is 0.433 e. The van der Waals surface area contributed by atoms with Gasteiger partial charge >= 0.3 is 0 Å². The first-order chi connectivity index (χ1) is 13.4. The highest BCUT2D eigenvalue weighted by Gasteiger charge is 2.18. The Morgan fingerprint density at radius 3 is 2.79 bits per heavy atom. The second-order valence-corrected chi connectivity index (χ2v) is 7.72. The number of anilines is 1. The number of nitrogens with zero attached hydrogens (tertiary/aromatic N) is 5. The molecule has 0 unspecified atom stereocenters. The molecule has 0 aliphatic carbocycles. The van der Waals surface area contributed by atoms with Gasteiger partial charge in [0, 0.05) is 24.7 Å². The average molecular weight is 378 g/mol. The lowest BCUT2D eigenvalue weighted by Crippen LogP contribution is -2.27. The summed E-state index contributed by atoms with van der Waals surface area (Å²) in [6.45, 7) is 8.33. The molecule has 0 saturated heterocycles. The molecule has 28 heavy (non-hydrogen) atoms. The number of rotatable bonds is 4. The van der Waals surface area contributed by atoms with Crippen molar-refractivity contribution in [2.24, 2.45) is 0 Å². The summed E-state index contributed by atoms with van der Waals surface area (Å²) in [5.41, 5.74) is 11.9. The van der Waals surface area contributed by atoms with Crippen LogP contribution >= 0.6 is 0 Å². The highest BCUT2D eigenvalue weighted by molar-refractivity contribution is 5.64. The maximum absolute atomic E-state index is 6.01. The van der Waals surface area contributed by atoms with Crippen LogP contribution in [0.1, 0.15) is 36.6 Å². The summed E-state index contributed by atoms with van der Waals surface area (Å²) in [6.07, 6.45) is 6.24. The molecule has 1 aliphatic rings. The van der Waals surface area contributed by atoms with Crippen LogP contribution in [0.15, 0.2) is 30.7 Å². The van der Waals surface area contributed by atoms with Crippen LogP contribution in [-0.4, -0.2) is 38.2 Å². The zero-order valence-corrected chi connectivity index (χ0v) is 16.8. The van der Waals surface area contributed by atoms with Gasteiger partial charge in [-0.3, -0.25) is 4.68 Å². The first kappa shape index (κ1) is 18.4. The molecule has 1 aliphatic heterocycles. The molecule has 0 amide bonds. The number of likely N-dealkylation sites (N-methyl/N-ethyl adjacent to an activating group) is 1. The van der Waals surface area contributed by atoms with Crippen LogP contribution in [-0.2, 0) is 13.0 Å². The monoisotopic (exact) mass is 378 g/mol. The highest BCUT2D eigenvalue weighted by Crippen LogP contribution is 2.31. The van der Waals surface area contributed by atoms with Crippen LogP contribution in [0.4, 0.5) is 5.82 Å². The Hall–Kier alpha value is -2.93. The molecule has 146 valence electrons. The van der Waals surface area contributed by atoms with Crippen LogP contribution in [0, 0.1) is 6.92 Å². The van der Waals surface area contributed by atoms with E-state index in [4.69, 9.17) is 10.5 Å². The van der Waals surface area contributed by atoms with Gasteiger partial charge in [0.25, 0.3) is 5.88 Å². The Kier molecular flexibility index (Phi) is 4.77. The number of ether oxygens (including phenoxy) is 1. The minimum absolute atomic E-state index is 0.254. The molecule has 0 atom stereocenters. The summed E-state index contributed by atoms with van der Waals surface area (Å²) in [5.74, 6) is 1.16. The maximum Gasteiger partial charge on any atom is 0.263 e. The van der Waals surface area contributed by atoms with Gasteiger partial charge in [0.2, 0.25) is 0 Å². The Bertz CT molecular complexity index is 1010. The number of fused-ring (bicyclic) bond motifs is 1. The third-order valence-corrected chi connectivity index (χ3v) is 5.14. The normalized spacial score (nSPS) is 14.3. The summed E-state index contributed by atoms with van der Waals surface area (Å²) in [4.78, 5) is 11.3. The van der Waals surface area contributed by atoms with Crippen LogP contribution < -0.4 is 10.5 Å². The van der Waals surface area contributed by atoms with Crippen molar-refractivity contribution in [3.05, 3.63) is 47.4 Å². The molecule has 3 aromatic rings. The molecule has 0 saturated carbocycles. The van der Waals surface area contributed by atoms with Gasteiger partial charge in [0.05, 0.1) is 24.3 Å². The molecule has 4 rings (SSSR count). The number of aromatic nitrogens is 4.